The number of likely N-dealkylation sites (N-methyl/N-ethyl adjacent to an activating group) is 1. The van der Waals surface area contributed by atoms with Gasteiger partial charge in [-0.05, 0) is 24.1 Å². The van der Waals surface area contributed by atoms with E-state index >= 15 is 0 Å². The topological polar surface area (TPSA) is 32.3 Å². The van der Waals surface area contributed by atoms with Gasteiger partial charge in [0.25, 0.3) is 0 Å². The maximum absolute atomic E-state index is 13.0. The van der Waals surface area contributed by atoms with E-state index in [1.54, 1.807) is 18.0 Å². The summed E-state index contributed by atoms with van der Waals surface area (Å²) in [5.41, 5.74) is 0.848. The molecule has 3 nitrogen and oxygen atoms in total. The summed E-state index contributed by atoms with van der Waals surface area (Å²) in [5, 5.41) is 3.15. The lowest BCUT2D eigenvalue weighted by Crippen LogP contribution is -2.54. The molecule has 0 spiro atoms. The van der Waals surface area contributed by atoms with Crippen molar-refractivity contribution >= 4 is 5.91 Å². The Bertz CT molecular complexity index is 394. The molecule has 1 amide bonds. The zero-order valence-corrected chi connectivity index (χ0v) is 9.24. The highest BCUT2D eigenvalue weighted by Crippen LogP contribution is 2.09. The highest BCUT2D eigenvalue weighted by molar-refractivity contribution is 5.82. The molecule has 2 rings (SSSR count). The van der Waals surface area contributed by atoms with Crippen LogP contribution >= 0.6 is 0 Å². The number of benzene rings is 1. The molecule has 0 bridgehead atoms. The van der Waals surface area contributed by atoms with Gasteiger partial charge in [0, 0.05) is 20.1 Å². The lowest BCUT2D eigenvalue weighted by molar-refractivity contribution is -0.134. The number of halogens is 1. The molecule has 1 heterocycles. The Morgan fingerprint density at radius 1 is 1.56 bits per heavy atom. The van der Waals surface area contributed by atoms with E-state index in [0.29, 0.717) is 6.42 Å². The van der Waals surface area contributed by atoms with Gasteiger partial charge in [-0.1, -0.05) is 12.1 Å². The molecule has 0 aliphatic carbocycles. The number of rotatable bonds is 2. The average Bonchev–Trinajstić information content (AvgIpc) is 2.25. The lowest BCUT2D eigenvalue weighted by atomic mass is 10.0. The van der Waals surface area contributed by atoms with Crippen molar-refractivity contribution in [3.05, 3.63) is 35.6 Å². The second-order valence-electron chi connectivity index (χ2n) is 4.10. The first-order chi connectivity index (χ1) is 7.66. The number of hydrogen-bond acceptors (Lipinski definition) is 2. The van der Waals surface area contributed by atoms with Crippen LogP contribution in [0.1, 0.15) is 5.56 Å². The van der Waals surface area contributed by atoms with Gasteiger partial charge >= 0.3 is 0 Å². The predicted octanol–water partition coefficient (Wildman–Crippen LogP) is 0.798. The van der Waals surface area contributed by atoms with Crippen molar-refractivity contribution in [2.75, 3.05) is 20.1 Å². The normalized spacial score (nSPS) is 21.2. The number of nitrogens with one attached hydrogen (secondary N) is 1. The lowest BCUT2D eigenvalue weighted by Gasteiger charge is -2.30. The van der Waals surface area contributed by atoms with Crippen LogP contribution in [-0.4, -0.2) is 37.0 Å². The fraction of sp³-hybridized carbons (Fsp3) is 0.417. The smallest absolute Gasteiger partial charge is 0.239 e. The van der Waals surface area contributed by atoms with Crippen molar-refractivity contribution in [1.29, 1.82) is 0 Å². The fourth-order valence-electron chi connectivity index (χ4n) is 1.93. The summed E-state index contributed by atoms with van der Waals surface area (Å²) in [6, 6.07) is 6.17. The van der Waals surface area contributed by atoms with Crippen molar-refractivity contribution in [3.63, 3.8) is 0 Å². The number of hydrogen-bond donors (Lipinski definition) is 1. The Kier molecular flexibility index (Phi) is 3.19. The molecular weight excluding hydrogens is 207 g/mol. The maximum Gasteiger partial charge on any atom is 0.239 e. The summed E-state index contributed by atoms with van der Waals surface area (Å²) < 4.78 is 13.0. The molecule has 0 aromatic heterocycles. The predicted molar refractivity (Wildman–Crippen MR) is 59.5 cm³/mol. The molecule has 1 aliphatic heterocycles. The van der Waals surface area contributed by atoms with Crippen molar-refractivity contribution in [2.24, 2.45) is 0 Å². The van der Waals surface area contributed by atoms with Crippen LogP contribution in [0.3, 0.4) is 0 Å². The van der Waals surface area contributed by atoms with Gasteiger partial charge in [0.15, 0.2) is 0 Å². The second-order valence-corrected chi connectivity index (χ2v) is 4.10. The molecule has 86 valence electrons. The van der Waals surface area contributed by atoms with E-state index in [9.17, 15) is 9.18 Å². The van der Waals surface area contributed by atoms with Crippen LogP contribution in [-0.2, 0) is 11.2 Å². The van der Waals surface area contributed by atoms with Crippen LogP contribution < -0.4 is 5.32 Å². The number of nitrogens with zero attached hydrogens (tertiary/aromatic N) is 1. The summed E-state index contributed by atoms with van der Waals surface area (Å²) >= 11 is 0. The van der Waals surface area contributed by atoms with Crippen LogP contribution in [0.25, 0.3) is 0 Å². The van der Waals surface area contributed by atoms with Crippen molar-refractivity contribution in [2.45, 2.75) is 12.5 Å². The maximum atomic E-state index is 13.0. The second kappa shape index (κ2) is 4.61. The number of amides is 1. The fourth-order valence-corrected chi connectivity index (χ4v) is 1.93. The third kappa shape index (κ3) is 2.39. The molecule has 1 atom stereocenters. The van der Waals surface area contributed by atoms with Crippen LogP contribution in [0.15, 0.2) is 24.3 Å². The Morgan fingerprint density at radius 3 is 3.12 bits per heavy atom. The van der Waals surface area contributed by atoms with Crippen molar-refractivity contribution in [1.82, 2.24) is 10.2 Å². The van der Waals surface area contributed by atoms with Gasteiger partial charge in [0.1, 0.15) is 5.82 Å². The molecule has 0 saturated carbocycles. The molecule has 1 saturated heterocycles. The van der Waals surface area contributed by atoms with Crippen molar-refractivity contribution in [3.8, 4) is 0 Å². The molecule has 1 N–H and O–H groups in total. The van der Waals surface area contributed by atoms with E-state index in [1.165, 1.54) is 12.1 Å². The van der Waals surface area contributed by atoms with Gasteiger partial charge in [-0.15, -0.1) is 0 Å². The summed E-state index contributed by atoms with van der Waals surface area (Å²) in [6.45, 7) is 1.53. The highest BCUT2D eigenvalue weighted by atomic mass is 19.1. The summed E-state index contributed by atoms with van der Waals surface area (Å²) in [5.74, 6) is -0.176. The van der Waals surface area contributed by atoms with E-state index in [-0.39, 0.29) is 17.8 Å². The van der Waals surface area contributed by atoms with Crippen LogP contribution in [0.2, 0.25) is 0 Å². The minimum atomic E-state index is -0.255. The van der Waals surface area contributed by atoms with E-state index in [4.69, 9.17) is 0 Å². The van der Waals surface area contributed by atoms with Gasteiger partial charge in [0.05, 0.1) is 6.04 Å². The summed E-state index contributed by atoms with van der Waals surface area (Å²) in [6.07, 6.45) is 0.543. The Balaban J connectivity index is 2.06. The zero-order chi connectivity index (χ0) is 11.5. The van der Waals surface area contributed by atoms with E-state index < -0.39 is 0 Å². The SMILES string of the molecule is CN1CCNC(Cc2cccc(F)c2)C1=O. The first-order valence-electron chi connectivity index (χ1n) is 5.39. The van der Waals surface area contributed by atoms with Gasteiger partial charge in [-0.3, -0.25) is 4.79 Å². The number of piperazine rings is 1. The molecule has 1 aromatic carbocycles. The summed E-state index contributed by atoms with van der Waals surface area (Å²) in [7, 11) is 1.79. The van der Waals surface area contributed by atoms with E-state index in [0.717, 1.165) is 18.7 Å². The Hall–Kier alpha value is -1.42. The van der Waals surface area contributed by atoms with E-state index in [2.05, 4.69) is 5.32 Å². The van der Waals surface area contributed by atoms with E-state index in [1.807, 2.05) is 6.07 Å². The molecule has 1 fully saturated rings. The monoisotopic (exact) mass is 222 g/mol. The van der Waals surface area contributed by atoms with Crippen LogP contribution in [0.4, 0.5) is 4.39 Å². The molecule has 4 heteroatoms. The van der Waals surface area contributed by atoms with Crippen LogP contribution in [0, 0.1) is 5.82 Å². The molecule has 1 aromatic rings. The number of carbonyl (C=O) groups excluding carboxylic acids is 1. The quantitative estimate of drug-likeness (QED) is 0.802. The Morgan fingerprint density at radius 2 is 2.38 bits per heavy atom. The van der Waals surface area contributed by atoms with Crippen molar-refractivity contribution < 1.29 is 9.18 Å². The number of carbonyl (C=O) groups is 1. The standard InChI is InChI=1S/C12H15FN2O/c1-15-6-5-14-11(12(15)16)8-9-3-2-4-10(13)7-9/h2-4,7,11,14H,5-6,8H2,1H3. The van der Waals surface area contributed by atoms with Gasteiger partial charge in [0.2, 0.25) is 5.91 Å². The minimum Gasteiger partial charge on any atom is -0.343 e. The molecule has 0 radical (unpaired) electrons. The van der Waals surface area contributed by atoms with Gasteiger partial charge < -0.3 is 10.2 Å². The van der Waals surface area contributed by atoms with Gasteiger partial charge in [-0.25, -0.2) is 4.39 Å². The van der Waals surface area contributed by atoms with Gasteiger partial charge in [-0.2, -0.15) is 0 Å². The van der Waals surface area contributed by atoms with Crippen LogP contribution in [0.5, 0.6) is 0 Å². The molecule has 1 unspecified atom stereocenters. The molecule has 16 heavy (non-hydrogen) atoms. The first kappa shape index (κ1) is 11.1. The first-order valence-corrected chi connectivity index (χ1v) is 5.39. The molecular formula is C12H15FN2O. The third-order valence-electron chi connectivity index (χ3n) is 2.84. The third-order valence-corrected chi connectivity index (χ3v) is 2.84. The molecule has 1 aliphatic rings. The average molecular weight is 222 g/mol. The Labute approximate surface area is 94.3 Å². The minimum absolute atomic E-state index is 0.0792. The largest absolute Gasteiger partial charge is 0.343 e. The highest BCUT2D eigenvalue weighted by Gasteiger charge is 2.25. The summed E-state index contributed by atoms with van der Waals surface area (Å²) in [4.78, 5) is 13.5. The zero-order valence-electron chi connectivity index (χ0n) is 9.24.